The molecule has 7 nitrogen and oxygen atoms in total. The predicted octanol–water partition coefficient (Wildman–Crippen LogP) is 4.74. The summed E-state index contributed by atoms with van der Waals surface area (Å²) in [5.74, 6) is -0.278. The minimum atomic E-state index is -0.711. The molecule has 1 N–H and O–H groups in total. The molecule has 4 rings (SSSR count). The van der Waals surface area contributed by atoms with Crippen LogP contribution in [-0.4, -0.2) is 56.6 Å². The Hall–Kier alpha value is -4.26. The third kappa shape index (κ3) is 5.16. The summed E-state index contributed by atoms with van der Waals surface area (Å²) in [6, 6.07) is 19.8. The van der Waals surface area contributed by atoms with E-state index >= 15 is 0 Å². The molecule has 1 heterocycles. The molecule has 1 aliphatic rings. The Labute approximate surface area is 217 Å². The van der Waals surface area contributed by atoms with Gasteiger partial charge in [0.05, 0.1) is 25.8 Å². The lowest BCUT2D eigenvalue weighted by Crippen LogP contribution is -2.31. The molecule has 0 aromatic heterocycles. The Morgan fingerprint density at radius 1 is 0.919 bits per heavy atom. The number of carbonyl (C=O) groups excluding carboxylic acids is 2. The van der Waals surface area contributed by atoms with E-state index in [9.17, 15) is 14.7 Å². The zero-order chi connectivity index (χ0) is 26.7. The number of ether oxygens (including phenoxy) is 2. The van der Waals surface area contributed by atoms with Crippen LogP contribution in [-0.2, 0) is 16.0 Å². The Morgan fingerprint density at radius 2 is 1.57 bits per heavy atom. The van der Waals surface area contributed by atoms with Crippen molar-refractivity contribution in [3.8, 4) is 11.5 Å². The Bertz CT molecular complexity index is 1330. The molecule has 1 unspecified atom stereocenters. The molecule has 0 radical (unpaired) electrons. The lowest BCUT2D eigenvalue weighted by Gasteiger charge is -2.26. The highest BCUT2D eigenvalue weighted by molar-refractivity contribution is 6.46. The van der Waals surface area contributed by atoms with E-state index in [0.717, 1.165) is 22.4 Å². The molecule has 192 valence electrons. The van der Waals surface area contributed by atoms with Gasteiger partial charge in [-0.15, -0.1) is 0 Å². The maximum atomic E-state index is 13.3. The molecule has 0 aliphatic carbocycles. The number of benzene rings is 3. The van der Waals surface area contributed by atoms with Crippen molar-refractivity contribution >= 4 is 23.1 Å². The van der Waals surface area contributed by atoms with Crippen LogP contribution >= 0.6 is 0 Å². The topological polar surface area (TPSA) is 79.3 Å². The molecule has 0 saturated carbocycles. The summed E-state index contributed by atoms with van der Waals surface area (Å²) in [5, 5.41) is 11.2. The normalized spacial score (nSPS) is 16.7. The first-order valence-corrected chi connectivity index (χ1v) is 12.1. The van der Waals surface area contributed by atoms with Crippen molar-refractivity contribution in [2.45, 2.75) is 19.4 Å². The second-order valence-corrected chi connectivity index (χ2v) is 9.28. The lowest BCUT2D eigenvalue weighted by molar-refractivity contribution is -0.139. The van der Waals surface area contributed by atoms with Gasteiger partial charge in [-0.1, -0.05) is 48.0 Å². The number of nitrogens with zero attached hydrogens (tertiary/aromatic N) is 2. The first-order chi connectivity index (χ1) is 17.7. The number of amides is 1. The van der Waals surface area contributed by atoms with Crippen molar-refractivity contribution in [1.82, 2.24) is 4.90 Å². The van der Waals surface area contributed by atoms with Crippen LogP contribution in [0.15, 0.2) is 72.3 Å². The average Bonchev–Trinajstić information content (AvgIpc) is 3.16. The molecular formula is C30H32N2O5. The van der Waals surface area contributed by atoms with Crippen molar-refractivity contribution in [1.29, 1.82) is 0 Å². The maximum absolute atomic E-state index is 13.3. The number of aliphatic hydroxyl groups is 1. The fraction of sp³-hybridized carbons (Fsp3) is 0.267. The van der Waals surface area contributed by atoms with E-state index in [2.05, 4.69) is 0 Å². The maximum Gasteiger partial charge on any atom is 0.295 e. The van der Waals surface area contributed by atoms with Crippen molar-refractivity contribution < 1.29 is 24.2 Å². The molecule has 7 heteroatoms. The molecule has 0 spiro atoms. The number of rotatable bonds is 8. The van der Waals surface area contributed by atoms with E-state index in [1.807, 2.05) is 80.5 Å². The number of methoxy groups -OCH3 is 2. The number of anilines is 1. The van der Waals surface area contributed by atoms with E-state index in [1.165, 1.54) is 0 Å². The van der Waals surface area contributed by atoms with Gasteiger partial charge in [0.25, 0.3) is 11.7 Å². The van der Waals surface area contributed by atoms with Gasteiger partial charge in [-0.25, -0.2) is 0 Å². The number of carbonyl (C=O) groups is 2. The SMILES string of the molecule is COc1ccc(CCN2C(=O)C(=O)/C(=C(\O)c3ccc(C)cc3)C2c2ccc(N(C)C)cc2)cc1OC. The number of ketones is 1. The fourth-order valence-corrected chi connectivity index (χ4v) is 4.56. The highest BCUT2D eigenvalue weighted by Crippen LogP contribution is 2.40. The standard InChI is InChI=1S/C30H32N2O5/c1-19-6-9-22(10-7-19)28(33)26-27(21-11-13-23(14-12-21)31(2)3)32(30(35)29(26)34)17-16-20-8-15-24(36-4)25(18-20)37-5/h6-15,18,27,33H,16-17H2,1-5H3/b28-26-. The highest BCUT2D eigenvalue weighted by atomic mass is 16.5. The zero-order valence-corrected chi connectivity index (χ0v) is 21.8. The average molecular weight is 501 g/mol. The number of hydrogen-bond donors (Lipinski definition) is 1. The molecule has 3 aromatic rings. The van der Waals surface area contributed by atoms with Crippen LogP contribution in [0.25, 0.3) is 5.76 Å². The third-order valence-corrected chi connectivity index (χ3v) is 6.68. The first-order valence-electron chi connectivity index (χ1n) is 12.1. The highest BCUT2D eigenvalue weighted by Gasteiger charge is 2.45. The van der Waals surface area contributed by atoms with Gasteiger partial charge in [0.1, 0.15) is 5.76 Å². The summed E-state index contributed by atoms with van der Waals surface area (Å²) in [6.45, 7) is 2.23. The number of hydrogen-bond acceptors (Lipinski definition) is 6. The number of likely N-dealkylation sites (tertiary alicyclic amines) is 1. The van der Waals surface area contributed by atoms with Gasteiger partial charge in [0, 0.05) is 31.9 Å². The van der Waals surface area contributed by atoms with Crippen molar-refractivity contribution in [3.05, 3.63) is 94.6 Å². The smallest absolute Gasteiger partial charge is 0.295 e. The minimum Gasteiger partial charge on any atom is -0.507 e. The first kappa shape index (κ1) is 25.8. The van der Waals surface area contributed by atoms with Gasteiger partial charge in [0.15, 0.2) is 11.5 Å². The zero-order valence-electron chi connectivity index (χ0n) is 21.8. The van der Waals surface area contributed by atoms with Crippen LogP contribution in [0.5, 0.6) is 11.5 Å². The van der Waals surface area contributed by atoms with Crippen molar-refractivity contribution in [2.75, 3.05) is 39.8 Å². The van der Waals surface area contributed by atoms with Crippen LogP contribution in [0, 0.1) is 6.92 Å². The van der Waals surface area contributed by atoms with Crippen LogP contribution in [0.1, 0.15) is 28.3 Å². The van der Waals surface area contributed by atoms with E-state index in [-0.39, 0.29) is 17.9 Å². The van der Waals surface area contributed by atoms with E-state index < -0.39 is 17.7 Å². The summed E-state index contributed by atoms with van der Waals surface area (Å²) in [4.78, 5) is 30.1. The molecule has 1 fully saturated rings. The van der Waals surface area contributed by atoms with Gasteiger partial charge >= 0.3 is 0 Å². The van der Waals surface area contributed by atoms with Crippen molar-refractivity contribution in [3.63, 3.8) is 0 Å². The second kappa shape index (κ2) is 10.8. The van der Waals surface area contributed by atoms with Gasteiger partial charge in [-0.05, 0) is 48.7 Å². The molecule has 1 atom stereocenters. The molecular weight excluding hydrogens is 468 g/mol. The lowest BCUT2D eigenvalue weighted by atomic mass is 9.94. The Balaban J connectivity index is 1.75. The van der Waals surface area contributed by atoms with Crippen LogP contribution in [0.4, 0.5) is 5.69 Å². The molecule has 1 amide bonds. The molecule has 1 saturated heterocycles. The minimum absolute atomic E-state index is 0.0961. The number of Topliss-reactive ketones (excluding diaryl/α,β-unsaturated/α-hetero) is 1. The number of aryl methyl sites for hydroxylation is 1. The monoisotopic (exact) mass is 500 g/mol. The van der Waals surface area contributed by atoms with E-state index in [4.69, 9.17) is 9.47 Å². The number of aliphatic hydroxyl groups excluding tert-OH is 1. The fourth-order valence-electron chi connectivity index (χ4n) is 4.56. The second-order valence-electron chi connectivity index (χ2n) is 9.28. The van der Waals surface area contributed by atoms with Crippen molar-refractivity contribution in [2.24, 2.45) is 0 Å². The van der Waals surface area contributed by atoms with E-state index in [1.54, 1.807) is 31.3 Å². The summed E-state index contributed by atoms with van der Waals surface area (Å²) in [7, 11) is 7.04. The summed E-state index contributed by atoms with van der Waals surface area (Å²) in [5.41, 5.74) is 4.30. The summed E-state index contributed by atoms with van der Waals surface area (Å²) >= 11 is 0. The molecule has 3 aromatic carbocycles. The van der Waals surface area contributed by atoms with Crippen LogP contribution in [0.2, 0.25) is 0 Å². The quantitative estimate of drug-likeness (QED) is 0.273. The van der Waals surface area contributed by atoms with E-state index in [0.29, 0.717) is 23.5 Å². The summed E-state index contributed by atoms with van der Waals surface area (Å²) in [6.07, 6.45) is 0.490. The van der Waals surface area contributed by atoms with Gasteiger partial charge < -0.3 is 24.4 Å². The summed E-state index contributed by atoms with van der Waals surface area (Å²) < 4.78 is 10.7. The van der Waals surface area contributed by atoms with Gasteiger partial charge in [-0.2, -0.15) is 0 Å². The predicted molar refractivity (Wildman–Crippen MR) is 144 cm³/mol. The molecule has 37 heavy (non-hydrogen) atoms. The third-order valence-electron chi connectivity index (χ3n) is 6.68. The van der Waals surface area contributed by atoms with Crippen LogP contribution < -0.4 is 14.4 Å². The van der Waals surface area contributed by atoms with Crippen LogP contribution in [0.3, 0.4) is 0 Å². The molecule has 0 bridgehead atoms. The largest absolute Gasteiger partial charge is 0.507 e. The molecule has 1 aliphatic heterocycles. The van der Waals surface area contributed by atoms with Gasteiger partial charge in [0.2, 0.25) is 0 Å². The Kier molecular flexibility index (Phi) is 7.53. The Morgan fingerprint density at radius 3 is 2.16 bits per heavy atom. The van der Waals surface area contributed by atoms with Gasteiger partial charge in [-0.3, -0.25) is 9.59 Å².